The van der Waals surface area contributed by atoms with Crippen molar-refractivity contribution in [1.29, 1.82) is 0 Å². The highest BCUT2D eigenvalue weighted by molar-refractivity contribution is 5.76. The van der Waals surface area contributed by atoms with Gasteiger partial charge in [0.1, 0.15) is 30.5 Å². The van der Waals surface area contributed by atoms with Crippen molar-refractivity contribution in [3.63, 3.8) is 0 Å². The molecule has 11 heteroatoms. The number of nitrogens with one attached hydrogen (secondary N) is 1. The number of hydrogen-bond acceptors (Lipinski definition) is 10. The molecular weight excluding hydrogens is 785 g/mol. The van der Waals surface area contributed by atoms with E-state index in [1.807, 2.05) is 0 Å². The van der Waals surface area contributed by atoms with E-state index < -0.39 is 55.6 Å². The third-order valence-electron chi connectivity index (χ3n) is 13.1. The minimum absolute atomic E-state index is 0.254. The van der Waals surface area contributed by atoms with E-state index in [4.69, 9.17) is 9.47 Å². The van der Waals surface area contributed by atoms with Gasteiger partial charge in [0, 0.05) is 6.42 Å². The van der Waals surface area contributed by atoms with Gasteiger partial charge >= 0.3 is 0 Å². The zero-order chi connectivity index (χ0) is 45.5. The van der Waals surface area contributed by atoms with Gasteiger partial charge < -0.3 is 50.3 Å². The van der Waals surface area contributed by atoms with Gasteiger partial charge in [-0.25, -0.2) is 0 Å². The maximum Gasteiger partial charge on any atom is 0.220 e. The first-order valence-corrected chi connectivity index (χ1v) is 26.5. The van der Waals surface area contributed by atoms with E-state index in [9.17, 15) is 35.4 Å². The molecule has 1 saturated heterocycles. The number of aliphatic hydroxyl groups excluding tert-OH is 6. The SMILES string of the molecule is CCCCCCCCCCCCCC[C@@H](O)[C@@H](O)[C@H](CO[C@H]1O[C@H](CO)[C@H](O)[C@H](O)[C@H]1O)NC(=O)CCCCCCCCCCN(CCCCCCCC)CCCCCCCC. The monoisotopic (exact) mass is 887 g/mol. The summed E-state index contributed by atoms with van der Waals surface area (Å²) in [5.41, 5.74) is 0. The molecule has 0 spiro atoms. The van der Waals surface area contributed by atoms with Crippen molar-refractivity contribution in [2.75, 3.05) is 32.8 Å². The van der Waals surface area contributed by atoms with Crippen LogP contribution in [0.3, 0.4) is 0 Å². The second kappa shape index (κ2) is 41.5. The van der Waals surface area contributed by atoms with E-state index in [-0.39, 0.29) is 18.9 Å². The summed E-state index contributed by atoms with van der Waals surface area (Å²) in [5.74, 6) is -0.254. The molecule has 0 radical (unpaired) electrons. The third-order valence-corrected chi connectivity index (χ3v) is 13.1. The van der Waals surface area contributed by atoms with Crippen LogP contribution in [0.1, 0.15) is 239 Å². The van der Waals surface area contributed by atoms with Crippen molar-refractivity contribution in [2.24, 2.45) is 0 Å². The highest BCUT2D eigenvalue weighted by Gasteiger charge is 2.44. The summed E-state index contributed by atoms with van der Waals surface area (Å²) in [4.78, 5) is 15.9. The Labute approximate surface area is 380 Å². The Morgan fingerprint density at radius 3 is 1.35 bits per heavy atom. The molecule has 1 amide bonds. The van der Waals surface area contributed by atoms with Crippen LogP contribution in [0.15, 0.2) is 0 Å². The molecule has 0 saturated carbocycles. The lowest BCUT2D eigenvalue weighted by molar-refractivity contribution is -0.303. The number of nitrogens with zero attached hydrogens (tertiary/aromatic N) is 1. The smallest absolute Gasteiger partial charge is 0.220 e. The number of rotatable bonds is 45. The van der Waals surface area contributed by atoms with Gasteiger partial charge in [-0.2, -0.15) is 0 Å². The lowest BCUT2D eigenvalue weighted by Gasteiger charge is -2.40. The summed E-state index contributed by atoms with van der Waals surface area (Å²) in [6.07, 6.45) is 30.4. The fraction of sp³-hybridized carbons (Fsp3) is 0.980. The molecule has 62 heavy (non-hydrogen) atoms. The quantitative estimate of drug-likeness (QED) is 0.0292. The van der Waals surface area contributed by atoms with Crippen LogP contribution in [0, 0.1) is 0 Å². The second-order valence-electron chi connectivity index (χ2n) is 18.9. The molecule has 8 atom stereocenters. The molecule has 0 unspecified atom stereocenters. The van der Waals surface area contributed by atoms with Crippen molar-refractivity contribution in [3.05, 3.63) is 0 Å². The number of unbranched alkanes of at least 4 members (excludes halogenated alkanes) is 28. The average molecular weight is 887 g/mol. The molecule has 0 aliphatic carbocycles. The Kier molecular flexibility index (Phi) is 39.6. The van der Waals surface area contributed by atoms with Crippen LogP contribution in [-0.4, -0.2) is 123 Å². The van der Waals surface area contributed by atoms with Crippen molar-refractivity contribution in [3.8, 4) is 0 Å². The van der Waals surface area contributed by atoms with Crippen LogP contribution in [0.2, 0.25) is 0 Å². The standard InChI is InChI=1S/C51H102N2O9/c1-4-7-10-13-16-17-18-19-20-23-26-31-36-44(55)47(57)43(42-61-51-50(60)49(59)48(58)45(41-54)62-51)52-46(56)37-32-27-24-21-22-25-30-35-40-53(38-33-28-14-11-8-5-2)39-34-29-15-12-9-6-3/h43-45,47-51,54-55,57-60H,4-42H2,1-3H3,(H,52,56)/t43-,44+,45+,47-,48-,49-,50+,51-/m0/s1. The molecule has 370 valence electrons. The Morgan fingerprint density at radius 1 is 0.548 bits per heavy atom. The first-order valence-electron chi connectivity index (χ1n) is 26.5. The summed E-state index contributed by atoms with van der Waals surface area (Å²) in [6.45, 7) is 9.62. The molecule has 1 rings (SSSR count). The second-order valence-corrected chi connectivity index (χ2v) is 18.9. The molecule has 7 N–H and O–H groups in total. The molecule has 1 fully saturated rings. The lowest BCUT2D eigenvalue weighted by atomic mass is 9.98. The van der Waals surface area contributed by atoms with Crippen molar-refractivity contribution < 1.29 is 44.9 Å². The van der Waals surface area contributed by atoms with Gasteiger partial charge in [-0.15, -0.1) is 0 Å². The molecule has 1 aliphatic heterocycles. The van der Waals surface area contributed by atoms with E-state index in [1.54, 1.807) is 0 Å². The van der Waals surface area contributed by atoms with Gasteiger partial charge in [0.05, 0.1) is 25.4 Å². The van der Waals surface area contributed by atoms with Crippen molar-refractivity contribution >= 4 is 5.91 Å². The summed E-state index contributed by atoms with van der Waals surface area (Å²) >= 11 is 0. The fourth-order valence-electron chi connectivity index (χ4n) is 8.79. The normalized spacial score (nSPS) is 20.8. The van der Waals surface area contributed by atoms with Crippen LogP contribution in [-0.2, 0) is 14.3 Å². The van der Waals surface area contributed by atoms with Gasteiger partial charge in [0.2, 0.25) is 5.91 Å². The predicted molar refractivity (Wildman–Crippen MR) is 254 cm³/mol. The number of ether oxygens (including phenoxy) is 2. The van der Waals surface area contributed by atoms with Crippen LogP contribution < -0.4 is 5.32 Å². The largest absolute Gasteiger partial charge is 0.394 e. The first-order chi connectivity index (χ1) is 30.2. The van der Waals surface area contributed by atoms with Gasteiger partial charge in [-0.1, -0.05) is 201 Å². The van der Waals surface area contributed by atoms with Crippen LogP contribution in [0.25, 0.3) is 0 Å². The number of carbonyl (C=O) groups excluding carboxylic acids is 1. The molecule has 1 aliphatic rings. The van der Waals surface area contributed by atoms with Gasteiger partial charge in [0.25, 0.3) is 0 Å². The zero-order valence-corrected chi connectivity index (χ0v) is 40.6. The maximum atomic E-state index is 13.1. The van der Waals surface area contributed by atoms with Crippen molar-refractivity contribution in [1.82, 2.24) is 10.2 Å². The molecule has 1 heterocycles. The minimum atomic E-state index is -1.61. The number of aliphatic hydroxyl groups is 6. The minimum Gasteiger partial charge on any atom is -0.394 e. The maximum absolute atomic E-state index is 13.1. The highest BCUT2D eigenvalue weighted by Crippen LogP contribution is 2.23. The van der Waals surface area contributed by atoms with Crippen LogP contribution in [0.5, 0.6) is 0 Å². The summed E-state index contributed by atoms with van der Waals surface area (Å²) in [5, 5.41) is 65.5. The summed E-state index contributed by atoms with van der Waals surface area (Å²) in [6, 6.07) is -0.991. The van der Waals surface area contributed by atoms with E-state index in [0.29, 0.717) is 6.42 Å². The Hall–Kier alpha value is -0.890. The molecular formula is C51H102N2O9. The Morgan fingerprint density at radius 2 is 0.935 bits per heavy atom. The van der Waals surface area contributed by atoms with Gasteiger partial charge in [-0.3, -0.25) is 4.79 Å². The van der Waals surface area contributed by atoms with Crippen LogP contribution in [0.4, 0.5) is 0 Å². The molecule has 0 aromatic carbocycles. The molecule has 0 aromatic heterocycles. The van der Waals surface area contributed by atoms with E-state index >= 15 is 0 Å². The summed E-state index contributed by atoms with van der Waals surface area (Å²) < 4.78 is 11.2. The Balaban J connectivity index is 2.46. The molecule has 11 nitrogen and oxygen atoms in total. The fourth-order valence-corrected chi connectivity index (χ4v) is 8.79. The van der Waals surface area contributed by atoms with Gasteiger partial charge in [0.15, 0.2) is 6.29 Å². The predicted octanol–water partition coefficient (Wildman–Crippen LogP) is 9.63. The number of hydrogen-bond donors (Lipinski definition) is 7. The first kappa shape index (κ1) is 59.1. The number of amides is 1. The average Bonchev–Trinajstić information content (AvgIpc) is 3.27. The third kappa shape index (κ3) is 30.3. The van der Waals surface area contributed by atoms with Crippen LogP contribution >= 0.6 is 0 Å². The molecule has 0 bridgehead atoms. The van der Waals surface area contributed by atoms with E-state index in [1.165, 1.54) is 174 Å². The molecule has 0 aromatic rings. The zero-order valence-electron chi connectivity index (χ0n) is 40.6. The van der Waals surface area contributed by atoms with E-state index in [0.717, 1.165) is 51.4 Å². The van der Waals surface area contributed by atoms with E-state index in [2.05, 4.69) is 31.0 Å². The topological polar surface area (TPSA) is 172 Å². The number of carbonyl (C=O) groups is 1. The van der Waals surface area contributed by atoms with Gasteiger partial charge in [-0.05, 0) is 51.7 Å². The van der Waals surface area contributed by atoms with Crippen molar-refractivity contribution in [2.45, 2.75) is 288 Å². The Bertz CT molecular complexity index is 962. The summed E-state index contributed by atoms with van der Waals surface area (Å²) in [7, 11) is 0. The lowest BCUT2D eigenvalue weighted by Crippen LogP contribution is -2.60. The highest BCUT2D eigenvalue weighted by atomic mass is 16.7.